The molecule has 0 amide bonds. The van der Waals surface area contributed by atoms with Crippen molar-refractivity contribution in [2.75, 3.05) is 33.5 Å². The van der Waals surface area contributed by atoms with Gasteiger partial charge >= 0.3 is 5.97 Å². The third-order valence-corrected chi connectivity index (χ3v) is 3.15. The maximum absolute atomic E-state index is 11.2. The number of carbonyl (C=O) groups excluding carboxylic acids is 1. The molecule has 0 unspecified atom stereocenters. The van der Waals surface area contributed by atoms with Crippen molar-refractivity contribution < 1.29 is 29.2 Å². The largest absolute Gasteiger partial charge is 0.502 e. The maximum Gasteiger partial charge on any atom is 0.337 e. The Kier molecular flexibility index (Phi) is 16.0. The van der Waals surface area contributed by atoms with Gasteiger partial charge in [-0.05, 0) is 49.5 Å². The van der Waals surface area contributed by atoms with Gasteiger partial charge in [0, 0.05) is 13.2 Å². The lowest BCUT2D eigenvalue weighted by molar-refractivity contribution is 0.0600. The first kappa shape index (κ1) is 23.7. The van der Waals surface area contributed by atoms with Crippen molar-refractivity contribution in [1.29, 1.82) is 0 Å². The number of esters is 1. The van der Waals surface area contributed by atoms with E-state index >= 15 is 0 Å². The lowest BCUT2D eigenvalue weighted by atomic mass is 10.1. The van der Waals surface area contributed by atoms with Crippen molar-refractivity contribution in [3.63, 3.8) is 0 Å². The van der Waals surface area contributed by atoms with Gasteiger partial charge in [0.1, 0.15) is 0 Å². The molecule has 0 heterocycles. The summed E-state index contributed by atoms with van der Waals surface area (Å²) in [6, 6.07) is 7.05. The first-order valence-corrected chi connectivity index (χ1v) is 8.60. The summed E-state index contributed by atoms with van der Waals surface area (Å²) in [4.78, 5) is 11.2. The van der Waals surface area contributed by atoms with Crippen molar-refractivity contribution in [2.45, 2.75) is 25.7 Å². The molecule has 0 spiro atoms. The average molecular weight is 366 g/mol. The van der Waals surface area contributed by atoms with Crippen LogP contribution in [0.3, 0.4) is 0 Å². The second-order valence-corrected chi connectivity index (χ2v) is 5.19. The van der Waals surface area contributed by atoms with Crippen LogP contribution in [0.2, 0.25) is 0 Å². The quantitative estimate of drug-likeness (QED) is 0.336. The van der Waals surface area contributed by atoms with Crippen molar-refractivity contribution >= 4 is 12.0 Å². The Hall–Kier alpha value is -2.31. The predicted octanol–water partition coefficient (Wildman–Crippen LogP) is 3.15. The highest BCUT2D eigenvalue weighted by Crippen LogP contribution is 2.07. The zero-order valence-electron chi connectivity index (χ0n) is 15.4. The molecule has 0 fully saturated rings. The van der Waals surface area contributed by atoms with Gasteiger partial charge < -0.3 is 24.4 Å². The highest BCUT2D eigenvalue weighted by atomic mass is 16.5. The molecule has 6 heteroatoms. The highest BCUT2D eigenvalue weighted by Gasteiger charge is 2.02. The second kappa shape index (κ2) is 17.5. The topological polar surface area (TPSA) is 85.2 Å². The maximum atomic E-state index is 11.2. The number of aliphatic hydroxyl groups is 2. The van der Waals surface area contributed by atoms with Gasteiger partial charge in [0.2, 0.25) is 0 Å². The van der Waals surface area contributed by atoms with Crippen LogP contribution in [0, 0.1) is 0 Å². The van der Waals surface area contributed by atoms with E-state index in [0.29, 0.717) is 18.8 Å². The summed E-state index contributed by atoms with van der Waals surface area (Å²) in [5.41, 5.74) is 1.48. The summed E-state index contributed by atoms with van der Waals surface area (Å²) in [5.74, 6) is -0.342. The van der Waals surface area contributed by atoms with Gasteiger partial charge in [-0.25, -0.2) is 4.79 Å². The van der Waals surface area contributed by atoms with Crippen LogP contribution in [-0.2, 0) is 14.2 Å². The molecule has 146 valence electrons. The number of hydrogen-bond acceptors (Lipinski definition) is 6. The van der Waals surface area contributed by atoms with Gasteiger partial charge in [0.05, 0.1) is 38.4 Å². The molecule has 0 atom stereocenters. The van der Waals surface area contributed by atoms with E-state index in [1.54, 1.807) is 18.4 Å². The minimum Gasteiger partial charge on any atom is -0.502 e. The van der Waals surface area contributed by atoms with E-state index in [2.05, 4.69) is 11.3 Å². The first-order chi connectivity index (χ1) is 12.7. The molecule has 1 aromatic carbocycles. The van der Waals surface area contributed by atoms with Gasteiger partial charge in [-0.2, -0.15) is 0 Å². The molecule has 1 rings (SSSR count). The molecule has 0 aliphatic rings. The Bertz CT molecular complexity index is 496. The van der Waals surface area contributed by atoms with Crippen molar-refractivity contribution in [3.8, 4) is 0 Å². The minimum absolute atomic E-state index is 0.196. The van der Waals surface area contributed by atoms with Gasteiger partial charge in [0.25, 0.3) is 0 Å². The molecule has 0 aromatic heterocycles. The standard InChI is InChI=1S/C14H18O4.C6H12O2/c1-17-14(16)13-6-4-12(5-7-13)8-11-18-10-3-2-9-15;1-2-8-6-4-3-5-7/h4-8,11,15H,2-3,9-10H2,1H3;2,7H,1,3-6H2/b11-8+;. The SMILES string of the molecule is C=COCCCCO.COC(=O)c1ccc(/C=C/OCCCCO)cc1. The fourth-order valence-corrected chi connectivity index (χ4v) is 1.72. The predicted molar refractivity (Wildman–Crippen MR) is 102 cm³/mol. The van der Waals surface area contributed by atoms with Crippen LogP contribution >= 0.6 is 0 Å². The van der Waals surface area contributed by atoms with E-state index in [1.165, 1.54) is 13.4 Å². The van der Waals surface area contributed by atoms with Crippen LogP contribution in [0.15, 0.2) is 43.4 Å². The molecule has 0 aliphatic carbocycles. The fourth-order valence-electron chi connectivity index (χ4n) is 1.72. The Morgan fingerprint density at radius 1 is 1.00 bits per heavy atom. The van der Waals surface area contributed by atoms with Gasteiger partial charge in [-0.15, -0.1) is 0 Å². The molecule has 6 nitrogen and oxygen atoms in total. The number of methoxy groups -OCH3 is 1. The van der Waals surface area contributed by atoms with E-state index in [1.807, 2.05) is 18.2 Å². The number of unbranched alkanes of at least 4 members (excludes halogenated alkanes) is 2. The molecule has 0 aliphatic heterocycles. The first-order valence-electron chi connectivity index (χ1n) is 8.60. The number of hydrogen-bond donors (Lipinski definition) is 2. The smallest absolute Gasteiger partial charge is 0.337 e. The molecule has 1 aromatic rings. The van der Waals surface area contributed by atoms with Crippen molar-refractivity contribution in [2.24, 2.45) is 0 Å². The Labute approximate surface area is 155 Å². The molecular weight excluding hydrogens is 336 g/mol. The monoisotopic (exact) mass is 366 g/mol. The zero-order chi connectivity index (χ0) is 19.5. The van der Waals surface area contributed by atoms with Gasteiger partial charge in [-0.3, -0.25) is 0 Å². The molecule has 0 saturated carbocycles. The normalized spacial score (nSPS) is 9.96. The van der Waals surface area contributed by atoms with Crippen molar-refractivity contribution in [1.82, 2.24) is 0 Å². The summed E-state index contributed by atoms with van der Waals surface area (Å²) < 4.78 is 14.7. The van der Waals surface area contributed by atoms with Crippen LogP contribution in [0.1, 0.15) is 41.6 Å². The molecule has 0 bridgehead atoms. The van der Waals surface area contributed by atoms with E-state index < -0.39 is 0 Å². The van der Waals surface area contributed by atoms with Crippen LogP contribution in [0.5, 0.6) is 0 Å². The second-order valence-electron chi connectivity index (χ2n) is 5.19. The minimum atomic E-state index is -0.342. The van der Waals surface area contributed by atoms with Crippen LogP contribution in [0.25, 0.3) is 6.08 Å². The number of rotatable bonds is 12. The third kappa shape index (κ3) is 13.0. The summed E-state index contributed by atoms with van der Waals surface area (Å²) in [7, 11) is 1.36. The number of benzene rings is 1. The molecular formula is C20H30O6. The Morgan fingerprint density at radius 3 is 2.08 bits per heavy atom. The number of ether oxygens (including phenoxy) is 3. The lowest BCUT2D eigenvalue weighted by Gasteiger charge is -2.00. The van der Waals surface area contributed by atoms with E-state index in [0.717, 1.165) is 31.2 Å². The van der Waals surface area contributed by atoms with E-state index in [9.17, 15) is 4.79 Å². The van der Waals surface area contributed by atoms with Crippen LogP contribution < -0.4 is 0 Å². The molecule has 2 N–H and O–H groups in total. The summed E-state index contributed by atoms with van der Waals surface area (Å²) >= 11 is 0. The molecule has 26 heavy (non-hydrogen) atoms. The van der Waals surface area contributed by atoms with Crippen LogP contribution in [0.4, 0.5) is 0 Å². The third-order valence-electron chi connectivity index (χ3n) is 3.15. The van der Waals surface area contributed by atoms with Gasteiger partial charge in [-0.1, -0.05) is 18.7 Å². The zero-order valence-corrected chi connectivity index (χ0v) is 15.4. The average Bonchev–Trinajstić information content (AvgIpc) is 2.68. The van der Waals surface area contributed by atoms with E-state index in [-0.39, 0.29) is 19.2 Å². The molecule has 0 radical (unpaired) electrons. The number of carbonyl (C=O) groups is 1. The summed E-state index contributed by atoms with van der Waals surface area (Å²) in [6.07, 6.45) is 8.15. The lowest BCUT2D eigenvalue weighted by Crippen LogP contribution is -2.00. The molecule has 0 saturated heterocycles. The van der Waals surface area contributed by atoms with Crippen molar-refractivity contribution in [3.05, 3.63) is 54.5 Å². The van der Waals surface area contributed by atoms with Gasteiger partial charge in [0.15, 0.2) is 0 Å². The number of aliphatic hydroxyl groups excluding tert-OH is 2. The van der Waals surface area contributed by atoms with E-state index in [4.69, 9.17) is 19.7 Å². The van der Waals surface area contributed by atoms with Crippen LogP contribution in [-0.4, -0.2) is 49.7 Å². The fraction of sp³-hybridized carbons (Fsp3) is 0.450. The Morgan fingerprint density at radius 2 is 1.58 bits per heavy atom. The summed E-state index contributed by atoms with van der Waals surface area (Å²) in [5, 5.41) is 16.9. The highest BCUT2D eigenvalue weighted by molar-refractivity contribution is 5.89. The Balaban J connectivity index is 0.000000660. The summed E-state index contributed by atoms with van der Waals surface area (Å²) in [6.45, 7) is 5.09.